The molecule has 0 spiro atoms. The highest BCUT2D eigenvalue weighted by molar-refractivity contribution is 7.16. The van der Waals surface area contributed by atoms with Crippen LogP contribution in [-0.4, -0.2) is 6.04 Å². The van der Waals surface area contributed by atoms with Crippen LogP contribution in [0, 0.1) is 11.8 Å². The molecule has 1 fully saturated rings. The average molecular weight is 272 g/mol. The summed E-state index contributed by atoms with van der Waals surface area (Å²) in [6.45, 7) is 5.69. The number of rotatable bonds is 4. The minimum absolute atomic E-state index is 0.714. The monoisotopic (exact) mass is 271 g/mol. The Morgan fingerprint density at radius 3 is 2.53 bits per heavy atom. The SMILES string of the molecule is CC(C)C1CCC(NCc2ccc(Cl)s2)CC1. The lowest BCUT2D eigenvalue weighted by Gasteiger charge is -2.31. The van der Waals surface area contributed by atoms with Crippen molar-refractivity contribution in [3.05, 3.63) is 21.3 Å². The summed E-state index contributed by atoms with van der Waals surface area (Å²) in [4.78, 5) is 1.35. The largest absolute Gasteiger partial charge is 0.309 e. The summed E-state index contributed by atoms with van der Waals surface area (Å²) in [6, 6.07) is 4.82. The minimum atomic E-state index is 0.714. The van der Waals surface area contributed by atoms with Crippen LogP contribution in [0.2, 0.25) is 4.34 Å². The van der Waals surface area contributed by atoms with Gasteiger partial charge in [0.25, 0.3) is 0 Å². The second-order valence-corrected chi connectivity index (χ2v) is 7.24. The van der Waals surface area contributed by atoms with Crippen molar-refractivity contribution in [2.45, 2.75) is 52.1 Å². The molecule has 1 heterocycles. The maximum Gasteiger partial charge on any atom is 0.0931 e. The second-order valence-electron chi connectivity index (χ2n) is 5.44. The molecule has 96 valence electrons. The van der Waals surface area contributed by atoms with Crippen LogP contribution in [0.5, 0.6) is 0 Å². The fourth-order valence-corrected chi connectivity index (χ4v) is 3.72. The van der Waals surface area contributed by atoms with E-state index in [1.165, 1.54) is 30.6 Å². The van der Waals surface area contributed by atoms with Crippen LogP contribution in [0.1, 0.15) is 44.4 Å². The van der Waals surface area contributed by atoms with Crippen LogP contribution in [0.15, 0.2) is 12.1 Å². The van der Waals surface area contributed by atoms with Crippen molar-refractivity contribution >= 4 is 22.9 Å². The highest BCUT2D eigenvalue weighted by Crippen LogP contribution is 2.30. The molecule has 1 saturated carbocycles. The first kappa shape index (κ1) is 13.4. The van der Waals surface area contributed by atoms with Crippen LogP contribution in [0.4, 0.5) is 0 Å². The summed E-state index contributed by atoms with van der Waals surface area (Å²) in [5.74, 6) is 1.80. The van der Waals surface area contributed by atoms with Crippen LogP contribution in [0.3, 0.4) is 0 Å². The number of thiophene rings is 1. The van der Waals surface area contributed by atoms with Gasteiger partial charge in [-0.1, -0.05) is 25.4 Å². The van der Waals surface area contributed by atoms with Crippen LogP contribution in [-0.2, 0) is 6.54 Å². The number of hydrogen-bond donors (Lipinski definition) is 1. The first-order chi connectivity index (χ1) is 8.15. The van der Waals surface area contributed by atoms with E-state index in [2.05, 4.69) is 25.2 Å². The Hall–Kier alpha value is -0.0500. The van der Waals surface area contributed by atoms with E-state index < -0.39 is 0 Å². The number of hydrogen-bond acceptors (Lipinski definition) is 2. The van der Waals surface area contributed by atoms with E-state index in [1.807, 2.05) is 6.07 Å². The maximum absolute atomic E-state index is 5.93. The van der Waals surface area contributed by atoms with Gasteiger partial charge >= 0.3 is 0 Å². The van der Waals surface area contributed by atoms with Crippen LogP contribution in [0.25, 0.3) is 0 Å². The normalized spacial score (nSPS) is 25.4. The van der Waals surface area contributed by atoms with Gasteiger partial charge < -0.3 is 5.32 Å². The molecular weight excluding hydrogens is 250 g/mol. The summed E-state index contributed by atoms with van der Waals surface area (Å²) in [5.41, 5.74) is 0. The van der Waals surface area contributed by atoms with E-state index in [0.717, 1.165) is 22.7 Å². The average Bonchev–Trinajstić information content (AvgIpc) is 2.73. The van der Waals surface area contributed by atoms with Gasteiger partial charge in [-0.05, 0) is 49.7 Å². The third-order valence-corrected chi connectivity index (χ3v) is 5.14. The lowest BCUT2D eigenvalue weighted by molar-refractivity contribution is 0.238. The first-order valence-corrected chi connectivity index (χ1v) is 7.82. The van der Waals surface area contributed by atoms with Crippen molar-refractivity contribution in [2.24, 2.45) is 11.8 Å². The molecule has 0 bridgehead atoms. The Kier molecular flexibility index (Phi) is 4.89. The van der Waals surface area contributed by atoms with Gasteiger partial charge in [0.1, 0.15) is 0 Å². The van der Waals surface area contributed by atoms with Gasteiger partial charge in [0, 0.05) is 17.5 Å². The van der Waals surface area contributed by atoms with Crippen molar-refractivity contribution in [1.82, 2.24) is 5.32 Å². The smallest absolute Gasteiger partial charge is 0.0931 e. The van der Waals surface area contributed by atoms with E-state index in [9.17, 15) is 0 Å². The molecule has 1 aliphatic carbocycles. The molecule has 0 aromatic carbocycles. The van der Waals surface area contributed by atoms with E-state index in [4.69, 9.17) is 11.6 Å². The lowest BCUT2D eigenvalue weighted by atomic mass is 9.80. The molecule has 0 radical (unpaired) electrons. The molecule has 1 aromatic heterocycles. The van der Waals surface area contributed by atoms with Gasteiger partial charge in [0.2, 0.25) is 0 Å². The van der Waals surface area contributed by atoms with E-state index in [1.54, 1.807) is 11.3 Å². The van der Waals surface area contributed by atoms with Crippen LogP contribution < -0.4 is 5.32 Å². The molecule has 1 aromatic rings. The zero-order valence-corrected chi connectivity index (χ0v) is 12.3. The van der Waals surface area contributed by atoms with Crippen molar-refractivity contribution in [2.75, 3.05) is 0 Å². The number of halogens is 1. The third kappa shape index (κ3) is 3.97. The van der Waals surface area contributed by atoms with Gasteiger partial charge in [-0.3, -0.25) is 0 Å². The molecular formula is C14H22ClNS. The summed E-state index contributed by atoms with van der Waals surface area (Å²) in [6.07, 6.45) is 5.45. The molecule has 0 atom stereocenters. The summed E-state index contributed by atoms with van der Waals surface area (Å²) in [7, 11) is 0. The van der Waals surface area contributed by atoms with Crippen molar-refractivity contribution in [3.63, 3.8) is 0 Å². The fraction of sp³-hybridized carbons (Fsp3) is 0.714. The van der Waals surface area contributed by atoms with E-state index in [-0.39, 0.29) is 0 Å². The first-order valence-electron chi connectivity index (χ1n) is 6.62. The highest BCUT2D eigenvalue weighted by Gasteiger charge is 2.22. The third-order valence-electron chi connectivity index (χ3n) is 3.91. The highest BCUT2D eigenvalue weighted by atomic mass is 35.5. The predicted octanol–water partition coefficient (Wildman–Crippen LogP) is 4.71. The van der Waals surface area contributed by atoms with Crippen LogP contribution >= 0.6 is 22.9 Å². The van der Waals surface area contributed by atoms with Crippen molar-refractivity contribution in [1.29, 1.82) is 0 Å². The van der Waals surface area contributed by atoms with Gasteiger partial charge in [0.05, 0.1) is 4.34 Å². The molecule has 1 aliphatic rings. The summed E-state index contributed by atoms with van der Waals surface area (Å²) < 4.78 is 0.894. The molecule has 0 unspecified atom stereocenters. The van der Waals surface area contributed by atoms with Crippen molar-refractivity contribution in [3.8, 4) is 0 Å². The second kappa shape index (κ2) is 6.21. The molecule has 1 N–H and O–H groups in total. The molecule has 0 aliphatic heterocycles. The van der Waals surface area contributed by atoms with E-state index in [0.29, 0.717) is 6.04 Å². The lowest BCUT2D eigenvalue weighted by Crippen LogP contribution is -2.33. The number of nitrogens with one attached hydrogen (secondary N) is 1. The Morgan fingerprint density at radius 2 is 2.00 bits per heavy atom. The molecule has 0 amide bonds. The Morgan fingerprint density at radius 1 is 1.29 bits per heavy atom. The predicted molar refractivity (Wildman–Crippen MR) is 76.8 cm³/mol. The fourth-order valence-electron chi connectivity index (χ4n) is 2.68. The topological polar surface area (TPSA) is 12.0 Å². The van der Waals surface area contributed by atoms with Gasteiger partial charge in [-0.25, -0.2) is 0 Å². The molecule has 3 heteroatoms. The zero-order valence-electron chi connectivity index (χ0n) is 10.7. The molecule has 1 nitrogen and oxygen atoms in total. The Bertz CT molecular complexity index is 340. The Labute approximate surface area is 114 Å². The Balaban J connectivity index is 1.71. The maximum atomic E-state index is 5.93. The summed E-state index contributed by atoms with van der Waals surface area (Å²) in [5, 5.41) is 3.66. The van der Waals surface area contributed by atoms with E-state index >= 15 is 0 Å². The minimum Gasteiger partial charge on any atom is -0.309 e. The molecule has 0 saturated heterocycles. The van der Waals surface area contributed by atoms with Crippen molar-refractivity contribution < 1.29 is 0 Å². The quantitative estimate of drug-likeness (QED) is 0.837. The molecule has 17 heavy (non-hydrogen) atoms. The van der Waals surface area contributed by atoms with Gasteiger partial charge in [-0.15, -0.1) is 11.3 Å². The molecule has 2 rings (SSSR count). The standard InChI is InChI=1S/C14H22ClNS/c1-10(2)11-3-5-12(6-4-11)16-9-13-7-8-14(15)17-13/h7-8,10-12,16H,3-6,9H2,1-2H3. The summed E-state index contributed by atoms with van der Waals surface area (Å²) >= 11 is 7.61. The van der Waals surface area contributed by atoms with Gasteiger partial charge in [-0.2, -0.15) is 0 Å². The zero-order chi connectivity index (χ0) is 12.3. The van der Waals surface area contributed by atoms with Gasteiger partial charge in [0.15, 0.2) is 0 Å².